The summed E-state index contributed by atoms with van der Waals surface area (Å²) in [4.78, 5) is 7.23. The zero-order valence-electron chi connectivity index (χ0n) is 8.88. The van der Waals surface area contributed by atoms with Gasteiger partial charge in [-0.3, -0.25) is 0 Å². The van der Waals surface area contributed by atoms with Crippen molar-refractivity contribution in [3.05, 3.63) is 17.7 Å². The van der Waals surface area contributed by atoms with Crippen molar-refractivity contribution in [2.45, 2.75) is 26.8 Å². The van der Waals surface area contributed by atoms with Gasteiger partial charge in [-0.05, 0) is 25.8 Å². The van der Waals surface area contributed by atoms with Crippen LogP contribution in [0.4, 0.5) is 0 Å². The Kier molecular flexibility index (Phi) is 4.62. The van der Waals surface area contributed by atoms with Crippen LogP contribution in [0.5, 0.6) is 0 Å². The summed E-state index contributed by atoms with van der Waals surface area (Å²) < 4.78 is 0. The number of nitrogens with zero attached hydrogens (tertiary/aromatic N) is 1. The summed E-state index contributed by atoms with van der Waals surface area (Å²) in [7, 11) is 0. The first-order valence-corrected chi connectivity index (χ1v) is 5.04. The second-order valence-electron chi connectivity index (χ2n) is 3.72. The third-order valence-electron chi connectivity index (χ3n) is 2.34. The zero-order chi connectivity index (χ0) is 10.4. The SMILES string of the molecule is Cc1[nH]cnc1CNCC(C)CCO. The molecule has 0 saturated carbocycles. The smallest absolute Gasteiger partial charge is 0.0925 e. The second kappa shape index (κ2) is 5.78. The molecule has 4 nitrogen and oxygen atoms in total. The van der Waals surface area contributed by atoms with E-state index in [0.29, 0.717) is 5.92 Å². The van der Waals surface area contributed by atoms with Crippen LogP contribution in [0.2, 0.25) is 0 Å². The number of hydrogen-bond acceptors (Lipinski definition) is 3. The minimum Gasteiger partial charge on any atom is -0.396 e. The first kappa shape index (κ1) is 11.2. The van der Waals surface area contributed by atoms with E-state index in [4.69, 9.17) is 5.11 Å². The summed E-state index contributed by atoms with van der Waals surface area (Å²) in [6.45, 7) is 6.13. The highest BCUT2D eigenvalue weighted by atomic mass is 16.3. The first-order valence-electron chi connectivity index (χ1n) is 5.04. The average Bonchev–Trinajstić information content (AvgIpc) is 2.52. The molecule has 1 rings (SSSR count). The minimum absolute atomic E-state index is 0.268. The highest BCUT2D eigenvalue weighted by Gasteiger charge is 2.03. The molecular weight excluding hydrogens is 178 g/mol. The van der Waals surface area contributed by atoms with Crippen molar-refractivity contribution >= 4 is 0 Å². The monoisotopic (exact) mass is 197 g/mol. The van der Waals surface area contributed by atoms with Crippen molar-refractivity contribution < 1.29 is 5.11 Å². The fraction of sp³-hybridized carbons (Fsp3) is 0.700. The van der Waals surface area contributed by atoms with E-state index >= 15 is 0 Å². The number of aromatic amines is 1. The Bertz CT molecular complexity index is 260. The van der Waals surface area contributed by atoms with E-state index in [9.17, 15) is 0 Å². The number of aliphatic hydroxyl groups is 1. The molecule has 0 saturated heterocycles. The van der Waals surface area contributed by atoms with Crippen molar-refractivity contribution in [1.82, 2.24) is 15.3 Å². The predicted molar refractivity (Wildman–Crippen MR) is 55.9 cm³/mol. The lowest BCUT2D eigenvalue weighted by atomic mass is 10.1. The van der Waals surface area contributed by atoms with Crippen molar-refractivity contribution in [2.75, 3.05) is 13.2 Å². The molecule has 0 radical (unpaired) electrons. The average molecular weight is 197 g/mol. The molecule has 0 spiro atoms. The van der Waals surface area contributed by atoms with Crippen molar-refractivity contribution in [3.8, 4) is 0 Å². The Balaban J connectivity index is 2.19. The molecule has 4 heteroatoms. The van der Waals surface area contributed by atoms with Crippen LogP contribution in [-0.2, 0) is 6.54 Å². The maximum Gasteiger partial charge on any atom is 0.0925 e. The Hall–Kier alpha value is -0.870. The lowest BCUT2D eigenvalue weighted by Crippen LogP contribution is -2.21. The lowest BCUT2D eigenvalue weighted by molar-refractivity contribution is 0.260. The van der Waals surface area contributed by atoms with E-state index < -0.39 is 0 Å². The van der Waals surface area contributed by atoms with Gasteiger partial charge < -0.3 is 15.4 Å². The van der Waals surface area contributed by atoms with Gasteiger partial charge in [0.1, 0.15) is 0 Å². The first-order chi connectivity index (χ1) is 6.74. The number of aliphatic hydroxyl groups excluding tert-OH is 1. The summed E-state index contributed by atoms with van der Waals surface area (Å²) >= 11 is 0. The molecule has 0 aliphatic heterocycles. The summed E-state index contributed by atoms with van der Waals surface area (Å²) in [5, 5.41) is 12.0. The highest BCUT2D eigenvalue weighted by Crippen LogP contribution is 2.01. The number of nitrogens with one attached hydrogen (secondary N) is 2. The molecule has 0 fully saturated rings. The lowest BCUT2D eigenvalue weighted by Gasteiger charge is -2.10. The van der Waals surface area contributed by atoms with Crippen LogP contribution in [0.15, 0.2) is 6.33 Å². The minimum atomic E-state index is 0.268. The van der Waals surface area contributed by atoms with Crippen molar-refractivity contribution in [2.24, 2.45) is 5.92 Å². The molecule has 1 atom stereocenters. The van der Waals surface area contributed by atoms with Crippen molar-refractivity contribution in [3.63, 3.8) is 0 Å². The van der Waals surface area contributed by atoms with E-state index in [0.717, 1.165) is 30.9 Å². The van der Waals surface area contributed by atoms with Crippen LogP contribution in [0, 0.1) is 12.8 Å². The molecule has 3 N–H and O–H groups in total. The van der Waals surface area contributed by atoms with E-state index in [1.165, 1.54) is 0 Å². The molecule has 0 aliphatic carbocycles. The Morgan fingerprint density at radius 3 is 3.00 bits per heavy atom. The number of imidazole rings is 1. The third kappa shape index (κ3) is 3.47. The van der Waals surface area contributed by atoms with Gasteiger partial charge >= 0.3 is 0 Å². The van der Waals surface area contributed by atoms with Crippen LogP contribution in [-0.4, -0.2) is 28.2 Å². The summed E-state index contributed by atoms with van der Waals surface area (Å²) in [5.74, 6) is 0.513. The maximum atomic E-state index is 8.72. The number of aromatic nitrogens is 2. The standard InChI is InChI=1S/C10H19N3O/c1-8(3-4-14)5-11-6-10-9(2)12-7-13-10/h7-8,11,14H,3-6H2,1-2H3,(H,12,13). The van der Waals surface area contributed by atoms with Gasteiger partial charge in [0.25, 0.3) is 0 Å². The molecule has 1 heterocycles. The highest BCUT2D eigenvalue weighted by molar-refractivity contribution is 5.07. The molecule has 14 heavy (non-hydrogen) atoms. The second-order valence-corrected chi connectivity index (χ2v) is 3.72. The summed E-state index contributed by atoms with van der Waals surface area (Å²) in [6, 6.07) is 0. The van der Waals surface area contributed by atoms with E-state index in [2.05, 4.69) is 22.2 Å². The zero-order valence-corrected chi connectivity index (χ0v) is 8.88. The molecule has 1 aromatic rings. The number of rotatable bonds is 6. The number of H-pyrrole nitrogens is 1. The van der Waals surface area contributed by atoms with E-state index in [-0.39, 0.29) is 6.61 Å². The maximum absolute atomic E-state index is 8.72. The van der Waals surface area contributed by atoms with Crippen LogP contribution in [0.1, 0.15) is 24.7 Å². The molecule has 0 bridgehead atoms. The quantitative estimate of drug-likeness (QED) is 0.633. The summed E-state index contributed by atoms with van der Waals surface area (Å²) in [5.41, 5.74) is 2.19. The Morgan fingerprint density at radius 2 is 2.43 bits per heavy atom. The molecule has 0 amide bonds. The Morgan fingerprint density at radius 1 is 1.64 bits per heavy atom. The molecular formula is C10H19N3O. The van der Waals surface area contributed by atoms with Gasteiger partial charge in [-0.25, -0.2) is 4.98 Å². The van der Waals surface area contributed by atoms with Gasteiger partial charge in [-0.15, -0.1) is 0 Å². The van der Waals surface area contributed by atoms with Crippen LogP contribution >= 0.6 is 0 Å². The normalized spacial score (nSPS) is 13.1. The van der Waals surface area contributed by atoms with Crippen LogP contribution < -0.4 is 5.32 Å². The summed E-state index contributed by atoms with van der Waals surface area (Å²) in [6.07, 6.45) is 2.57. The fourth-order valence-electron chi connectivity index (χ4n) is 1.32. The van der Waals surface area contributed by atoms with Gasteiger partial charge in [-0.1, -0.05) is 6.92 Å². The van der Waals surface area contributed by atoms with Gasteiger partial charge in [-0.2, -0.15) is 0 Å². The number of hydrogen-bond donors (Lipinski definition) is 3. The fourth-order valence-corrected chi connectivity index (χ4v) is 1.32. The topological polar surface area (TPSA) is 60.9 Å². The van der Waals surface area contributed by atoms with E-state index in [1.54, 1.807) is 6.33 Å². The predicted octanol–water partition coefficient (Wildman–Crippen LogP) is 0.826. The Labute approximate surface area is 84.8 Å². The van der Waals surface area contributed by atoms with Gasteiger partial charge in [0.05, 0.1) is 12.0 Å². The third-order valence-corrected chi connectivity index (χ3v) is 2.34. The molecule has 1 unspecified atom stereocenters. The van der Waals surface area contributed by atoms with Crippen LogP contribution in [0.25, 0.3) is 0 Å². The molecule has 1 aromatic heterocycles. The van der Waals surface area contributed by atoms with Gasteiger partial charge in [0, 0.05) is 18.8 Å². The van der Waals surface area contributed by atoms with Crippen LogP contribution in [0.3, 0.4) is 0 Å². The number of aryl methyl sites for hydroxylation is 1. The largest absolute Gasteiger partial charge is 0.396 e. The van der Waals surface area contributed by atoms with Gasteiger partial charge in [0.15, 0.2) is 0 Å². The molecule has 0 aromatic carbocycles. The van der Waals surface area contributed by atoms with Crippen molar-refractivity contribution in [1.29, 1.82) is 0 Å². The molecule has 0 aliphatic rings. The van der Waals surface area contributed by atoms with Gasteiger partial charge in [0.2, 0.25) is 0 Å². The molecule has 80 valence electrons. The van der Waals surface area contributed by atoms with E-state index in [1.807, 2.05) is 6.92 Å².